The third-order valence-corrected chi connectivity index (χ3v) is 7.34. The first-order valence-corrected chi connectivity index (χ1v) is 14.2. The lowest BCUT2D eigenvalue weighted by Crippen LogP contribution is -2.39. The standard InChI is InChI=1S/C24H29ClN6O2S.CH5N/c1-16-15-31-22(26-23(16)29-10-5-6-11-29)14-20(27-31)21-7-3-4-12-30(21)24(32)18-13-17(25)8-9-19(18)28-34(2)33;1-2/h8-9,13-15,21,28H,3-7,10-12H2,1-2H3;2H2,1H3. The number of rotatable bonds is 5. The molecule has 1 amide bonds. The molecule has 2 aliphatic rings. The summed E-state index contributed by atoms with van der Waals surface area (Å²) in [7, 11) is 0.192. The largest absolute Gasteiger partial charge is 0.356 e. The molecule has 194 valence electrons. The number of carbonyl (C=O) groups is 1. The van der Waals surface area contributed by atoms with Crippen LogP contribution in [0, 0.1) is 6.92 Å². The summed E-state index contributed by atoms with van der Waals surface area (Å²) in [6.45, 7) is 4.77. The van der Waals surface area contributed by atoms with E-state index in [1.165, 1.54) is 26.1 Å². The molecule has 9 nitrogen and oxygen atoms in total. The van der Waals surface area contributed by atoms with Gasteiger partial charge in [-0.3, -0.25) is 4.79 Å². The van der Waals surface area contributed by atoms with Crippen molar-refractivity contribution in [1.82, 2.24) is 19.5 Å². The van der Waals surface area contributed by atoms with Crippen molar-refractivity contribution in [2.45, 2.75) is 45.1 Å². The Morgan fingerprint density at radius 3 is 2.58 bits per heavy atom. The Morgan fingerprint density at radius 1 is 1.14 bits per heavy atom. The maximum absolute atomic E-state index is 13.7. The van der Waals surface area contributed by atoms with E-state index in [4.69, 9.17) is 21.7 Å². The smallest absolute Gasteiger partial charge is 0.256 e. The first-order chi connectivity index (χ1) is 17.4. The summed E-state index contributed by atoms with van der Waals surface area (Å²) in [6, 6.07) is 6.88. The number of piperidine rings is 1. The number of aromatic nitrogens is 3. The van der Waals surface area contributed by atoms with Gasteiger partial charge in [-0.25, -0.2) is 13.7 Å². The van der Waals surface area contributed by atoms with Gasteiger partial charge in [-0.05, 0) is 64.3 Å². The number of nitrogens with one attached hydrogen (secondary N) is 1. The molecule has 1 aromatic carbocycles. The van der Waals surface area contributed by atoms with Gasteiger partial charge in [0.15, 0.2) is 5.65 Å². The van der Waals surface area contributed by atoms with Crippen LogP contribution >= 0.6 is 11.6 Å². The van der Waals surface area contributed by atoms with E-state index < -0.39 is 11.0 Å². The Hall–Kier alpha value is -2.69. The minimum atomic E-state index is -1.31. The van der Waals surface area contributed by atoms with Crippen LogP contribution in [-0.2, 0) is 11.0 Å². The number of benzene rings is 1. The van der Waals surface area contributed by atoms with Crippen LogP contribution in [0.15, 0.2) is 30.5 Å². The van der Waals surface area contributed by atoms with Crippen molar-refractivity contribution in [3.63, 3.8) is 0 Å². The summed E-state index contributed by atoms with van der Waals surface area (Å²) in [5.74, 6) is 0.884. The molecule has 3 N–H and O–H groups in total. The van der Waals surface area contributed by atoms with Crippen LogP contribution in [0.5, 0.6) is 0 Å². The van der Waals surface area contributed by atoms with Crippen LogP contribution in [-0.4, -0.2) is 62.6 Å². The highest BCUT2D eigenvalue weighted by Gasteiger charge is 2.32. The fourth-order valence-electron chi connectivity index (χ4n) is 5.01. The molecule has 36 heavy (non-hydrogen) atoms. The number of nitrogens with two attached hydrogens (primary N) is 1. The van der Waals surface area contributed by atoms with Crippen LogP contribution in [0.2, 0.25) is 5.02 Å². The van der Waals surface area contributed by atoms with E-state index >= 15 is 0 Å². The van der Waals surface area contributed by atoms with Crippen LogP contribution in [0.4, 0.5) is 11.5 Å². The van der Waals surface area contributed by atoms with E-state index in [0.717, 1.165) is 55.1 Å². The zero-order valence-corrected chi connectivity index (χ0v) is 22.6. The van der Waals surface area contributed by atoms with Crippen LogP contribution < -0.4 is 15.4 Å². The lowest BCUT2D eigenvalue weighted by atomic mass is 9.98. The molecule has 2 saturated heterocycles. The third-order valence-electron chi connectivity index (χ3n) is 6.60. The van der Waals surface area contributed by atoms with Crippen molar-refractivity contribution >= 4 is 45.6 Å². The van der Waals surface area contributed by atoms with Crippen molar-refractivity contribution in [3.8, 4) is 0 Å². The molecular formula is C25H34ClN7O2S. The fraction of sp³-hybridized carbons (Fsp3) is 0.480. The minimum absolute atomic E-state index is 0.140. The molecule has 0 saturated carbocycles. The number of halogens is 1. The van der Waals surface area contributed by atoms with Gasteiger partial charge in [-0.15, -0.1) is 0 Å². The average molecular weight is 532 g/mol. The molecule has 0 aliphatic carbocycles. The third kappa shape index (κ3) is 5.50. The number of likely N-dealkylation sites (tertiary alicyclic amines) is 1. The topological polar surface area (TPSA) is 109 Å². The van der Waals surface area contributed by atoms with Crippen molar-refractivity contribution in [2.75, 3.05) is 42.6 Å². The molecule has 0 bridgehead atoms. The predicted molar refractivity (Wildman–Crippen MR) is 146 cm³/mol. The molecule has 2 unspecified atom stereocenters. The van der Waals surface area contributed by atoms with Crippen molar-refractivity contribution < 1.29 is 9.00 Å². The van der Waals surface area contributed by atoms with Gasteiger partial charge in [0, 0.05) is 48.7 Å². The maximum atomic E-state index is 13.7. The lowest BCUT2D eigenvalue weighted by molar-refractivity contribution is 0.0607. The summed E-state index contributed by atoms with van der Waals surface area (Å²) >= 11 is 6.22. The lowest BCUT2D eigenvalue weighted by Gasteiger charge is -2.35. The molecule has 2 fully saturated rings. The van der Waals surface area contributed by atoms with Gasteiger partial charge in [0.25, 0.3) is 5.91 Å². The number of amides is 1. The van der Waals surface area contributed by atoms with Crippen LogP contribution in [0.25, 0.3) is 5.65 Å². The van der Waals surface area contributed by atoms with Gasteiger partial charge >= 0.3 is 0 Å². The summed E-state index contributed by atoms with van der Waals surface area (Å²) in [4.78, 5) is 22.8. The number of nitrogens with zero attached hydrogens (tertiary/aromatic N) is 5. The summed E-state index contributed by atoms with van der Waals surface area (Å²) in [5.41, 5.74) is 8.18. The molecule has 5 rings (SSSR count). The molecule has 11 heteroatoms. The van der Waals surface area contributed by atoms with E-state index in [9.17, 15) is 9.00 Å². The Morgan fingerprint density at radius 2 is 1.86 bits per heavy atom. The summed E-state index contributed by atoms with van der Waals surface area (Å²) in [5, 5.41) is 5.30. The van der Waals surface area contributed by atoms with Crippen LogP contribution in [0.1, 0.15) is 59.8 Å². The average Bonchev–Trinajstić information content (AvgIpc) is 3.55. The van der Waals surface area contributed by atoms with E-state index in [-0.39, 0.29) is 11.9 Å². The quantitative estimate of drug-likeness (QED) is 0.516. The summed E-state index contributed by atoms with van der Waals surface area (Å²) < 4.78 is 16.5. The number of hydrogen-bond donors (Lipinski definition) is 2. The molecular weight excluding hydrogens is 498 g/mol. The first-order valence-electron chi connectivity index (χ1n) is 12.3. The summed E-state index contributed by atoms with van der Waals surface area (Å²) in [6.07, 6.45) is 8.74. The van der Waals surface area contributed by atoms with Gasteiger partial charge in [0.1, 0.15) is 16.8 Å². The molecule has 2 atom stereocenters. The second-order valence-electron chi connectivity index (χ2n) is 9.07. The van der Waals surface area contributed by atoms with Crippen molar-refractivity contribution in [2.24, 2.45) is 5.73 Å². The Balaban J connectivity index is 0.00000148. The Labute approximate surface area is 219 Å². The second-order valence-corrected chi connectivity index (χ2v) is 10.6. The highest BCUT2D eigenvalue weighted by atomic mass is 35.5. The highest BCUT2D eigenvalue weighted by Crippen LogP contribution is 2.34. The van der Waals surface area contributed by atoms with Crippen LogP contribution in [0.3, 0.4) is 0 Å². The van der Waals surface area contributed by atoms with E-state index in [1.807, 2.05) is 21.7 Å². The monoisotopic (exact) mass is 531 g/mol. The zero-order valence-electron chi connectivity index (χ0n) is 21.0. The predicted octanol–water partition coefficient (Wildman–Crippen LogP) is 3.94. The molecule has 4 heterocycles. The maximum Gasteiger partial charge on any atom is 0.256 e. The van der Waals surface area contributed by atoms with Gasteiger partial charge in [0.05, 0.1) is 23.0 Å². The number of hydrogen-bond acceptors (Lipinski definition) is 6. The van der Waals surface area contributed by atoms with Gasteiger partial charge in [-0.2, -0.15) is 5.10 Å². The molecule has 3 aromatic rings. The molecule has 0 spiro atoms. The normalized spacial score (nSPS) is 18.6. The van der Waals surface area contributed by atoms with E-state index in [1.54, 1.807) is 18.2 Å². The van der Waals surface area contributed by atoms with Gasteiger partial charge in [0.2, 0.25) is 0 Å². The molecule has 2 aromatic heterocycles. The zero-order chi connectivity index (χ0) is 25.8. The SMILES string of the molecule is CN.Cc1cn2nc(C3CCCCN3C(=O)c3cc(Cl)ccc3NS(C)=O)cc2nc1N1CCCC1. The number of anilines is 2. The van der Waals surface area contributed by atoms with E-state index in [2.05, 4.69) is 22.3 Å². The number of carbonyl (C=O) groups excluding carboxylic acids is 1. The Bertz CT molecular complexity index is 1260. The number of fused-ring (bicyclic) bond motifs is 1. The Kier molecular flexibility index (Phi) is 8.48. The van der Waals surface area contributed by atoms with Crippen molar-refractivity contribution in [3.05, 3.63) is 52.3 Å². The second kappa shape index (κ2) is 11.6. The highest BCUT2D eigenvalue weighted by molar-refractivity contribution is 7.85. The fourth-order valence-corrected chi connectivity index (χ4v) is 5.67. The minimum Gasteiger partial charge on any atom is -0.356 e. The van der Waals surface area contributed by atoms with Gasteiger partial charge < -0.3 is 20.3 Å². The van der Waals surface area contributed by atoms with Gasteiger partial charge in [-0.1, -0.05) is 11.6 Å². The first kappa shape index (κ1) is 26.4. The molecule has 2 aliphatic heterocycles. The van der Waals surface area contributed by atoms with Crippen molar-refractivity contribution in [1.29, 1.82) is 0 Å². The molecule has 0 radical (unpaired) electrons. The number of aryl methyl sites for hydroxylation is 1. The van der Waals surface area contributed by atoms with E-state index in [0.29, 0.717) is 22.8 Å².